The molecule has 0 saturated carbocycles. The van der Waals surface area contributed by atoms with E-state index in [2.05, 4.69) is 0 Å². The summed E-state index contributed by atoms with van der Waals surface area (Å²) in [5.74, 6) is 0. The Labute approximate surface area is 302 Å². The van der Waals surface area contributed by atoms with E-state index in [0.29, 0.717) is 38.3 Å². The van der Waals surface area contributed by atoms with Crippen LogP contribution in [-0.2, 0) is 0 Å². The van der Waals surface area contributed by atoms with Crippen molar-refractivity contribution >= 4 is 54.3 Å². The van der Waals surface area contributed by atoms with Crippen LogP contribution in [-0.4, -0.2) is 0 Å². The molecule has 228 valence electrons. The van der Waals surface area contributed by atoms with Crippen LogP contribution >= 0.6 is 0 Å². The van der Waals surface area contributed by atoms with Crippen LogP contribution in [0.15, 0.2) is 186 Å². The van der Waals surface area contributed by atoms with Crippen LogP contribution in [0.3, 0.4) is 0 Å². The van der Waals surface area contributed by atoms with Crippen LogP contribution in [0.5, 0.6) is 0 Å². The summed E-state index contributed by atoms with van der Waals surface area (Å²) in [5, 5.41) is 2.06. The van der Waals surface area contributed by atoms with Gasteiger partial charge in [-0.2, -0.15) is 0 Å². The molecular weight excluding hydrogens is 593 g/mol. The molecule has 0 unspecified atom stereocenters. The SMILES string of the molecule is [2H]c1c([2H])c([2H])c(-c2ccc3ccccc3c2-c2c3c([2H])c([2H])c([2H])c([2H])c3c(-c3cccc4oc5cc(-c6ccccc6)ccc5c34)c3c([2H])c([2H])c([2H])c([2H])c23)c([2H])c1[2H]. The largest absolute Gasteiger partial charge is 0.456 e. The normalized spacial score (nSPS) is 15.4. The molecule has 1 aromatic heterocycles. The molecule has 1 nitrogen and oxygen atoms in total. The number of fused-ring (bicyclic) bond motifs is 6. The summed E-state index contributed by atoms with van der Waals surface area (Å²) < 4.78 is 125. The molecule has 10 rings (SSSR count). The third-order valence-corrected chi connectivity index (χ3v) is 9.20. The zero-order chi connectivity index (χ0) is 43.6. The van der Waals surface area contributed by atoms with Gasteiger partial charge in [0.15, 0.2) is 0 Å². The van der Waals surface area contributed by atoms with Crippen molar-refractivity contribution < 1.29 is 22.2 Å². The number of furan rings is 1. The lowest BCUT2D eigenvalue weighted by atomic mass is 9.81. The summed E-state index contributed by atoms with van der Waals surface area (Å²) >= 11 is 0. The molecule has 0 atom stereocenters. The molecule has 0 aliphatic heterocycles. The standard InChI is InChI=1S/C48H30O/c1-3-14-31(15-4-1)34-27-29-41-44(30-34)49-43-25-13-24-42(46(41)43)45-37-20-9-11-22-39(37)48(40-23-12-10-21-38(40)45)47-35-19-8-7-18-33(35)26-28-36(47)32-16-5-2-6-17-32/h1-30H/i2D,5D,6D,9D,10D,11D,12D,16D,17D,20D,21D,22D,23D. The van der Waals surface area contributed by atoms with Gasteiger partial charge in [-0.3, -0.25) is 0 Å². The number of benzene rings is 9. The van der Waals surface area contributed by atoms with E-state index in [1.165, 1.54) is 0 Å². The Hall–Kier alpha value is -6.44. The fourth-order valence-electron chi connectivity index (χ4n) is 7.12. The minimum Gasteiger partial charge on any atom is -0.456 e. The first-order valence-electron chi connectivity index (χ1n) is 22.3. The zero-order valence-corrected chi connectivity index (χ0v) is 25.7. The Balaban J connectivity index is 1.48. The van der Waals surface area contributed by atoms with E-state index in [9.17, 15) is 5.48 Å². The van der Waals surface area contributed by atoms with E-state index in [-0.39, 0.29) is 49.4 Å². The van der Waals surface area contributed by atoms with E-state index in [4.69, 9.17) is 16.8 Å². The van der Waals surface area contributed by atoms with Crippen LogP contribution in [0, 0.1) is 0 Å². The molecular formula is C48H30O. The molecule has 0 amide bonds. The summed E-state index contributed by atoms with van der Waals surface area (Å²) in [6.07, 6.45) is 0. The van der Waals surface area contributed by atoms with Gasteiger partial charge in [0.1, 0.15) is 11.2 Å². The second-order valence-electron chi connectivity index (χ2n) is 11.8. The summed E-state index contributed by atoms with van der Waals surface area (Å²) in [5.41, 5.74) is 3.43. The first-order chi connectivity index (χ1) is 29.7. The molecule has 0 spiro atoms. The first kappa shape index (κ1) is 17.6. The van der Waals surface area contributed by atoms with Crippen molar-refractivity contribution in [3.63, 3.8) is 0 Å². The highest BCUT2D eigenvalue weighted by molar-refractivity contribution is 6.28. The molecule has 1 heterocycles. The van der Waals surface area contributed by atoms with Crippen LogP contribution in [0.2, 0.25) is 0 Å². The van der Waals surface area contributed by atoms with Gasteiger partial charge in [0.05, 0.1) is 17.8 Å². The Kier molecular flexibility index (Phi) is 3.99. The molecule has 0 aliphatic carbocycles. The molecule has 49 heavy (non-hydrogen) atoms. The van der Waals surface area contributed by atoms with Crippen LogP contribution in [0.4, 0.5) is 0 Å². The van der Waals surface area contributed by atoms with Gasteiger partial charge in [-0.05, 0) is 95.0 Å². The summed E-state index contributed by atoms with van der Waals surface area (Å²) in [4.78, 5) is 0. The Morgan fingerprint density at radius 1 is 0.367 bits per heavy atom. The molecule has 0 bridgehead atoms. The minimum atomic E-state index is -0.605. The average Bonchev–Trinajstić information content (AvgIpc) is 3.67. The quantitative estimate of drug-likeness (QED) is 0.175. The highest BCUT2D eigenvalue weighted by Gasteiger charge is 2.23. The molecule has 1 heteroatoms. The van der Waals surface area contributed by atoms with E-state index in [1.807, 2.05) is 48.5 Å². The molecule has 0 radical (unpaired) electrons. The van der Waals surface area contributed by atoms with Crippen LogP contribution in [0.1, 0.15) is 17.8 Å². The van der Waals surface area contributed by atoms with E-state index in [1.54, 1.807) is 54.6 Å². The van der Waals surface area contributed by atoms with Crippen molar-refractivity contribution in [2.75, 3.05) is 0 Å². The van der Waals surface area contributed by atoms with Gasteiger partial charge in [-0.15, -0.1) is 0 Å². The lowest BCUT2D eigenvalue weighted by Crippen LogP contribution is -1.94. The van der Waals surface area contributed by atoms with Gasteiger partial charge >= 0.3 is 0 Å². The monoisotopic (exact) mass is 635 g/mol. The van der Waals surface area contributed by atoms with Gasteiger partial charge in [0.25, 0.3) is 0 Å². The van der Waals surface area contributed by atoms with Crippen molar-refractivity contribution in [1.29, 1.82) is 0 Å². The average molecular weight is 636 g/mol. The highest BCUT2D eigenvalue weighted by atomic mass is 16.3. The van der Waals surface area contributed by atoms with E-state index in [0.717, 1.165) is 11.1 Å². The molecule has 10 aromatic rings. The lowest BCUT2D eigenvalue weighted by molar-refractivity contribution is 0.669. The number of rotatable bonds is 4. The minimum absolute atomic E-state index is 0.00640. The van der Waals surface area contributed by atoms with Crippen LogP contribution < -0.4 is 0 Å². The molecule has 9 aromatic carbocycles. The fraction of sp³-hybridized carbons (Fsp3) is 0. The highest BCUT2D eigenvalue weighted by Crippen LogP contribution is 2.50. The van der Waals surface area contributed by atoms with E-state index >= 15 is 0 Å². The smallest absolute Gasteiger partial charge is 0.136 e. The number of hydrogen-bond donors (Lipinski definition) is 0. The van der Waals surface area contributed by atoms with Gasteiger partial charge in [-0.1, -0.05) is 163 Å². The molecule has 0 fully saturated rings. The fourth-order valence-corrected chi connectivity index (χ4v) is 7.12. The maximum atomic E-state index is 9.64. The third kappa shape index (κ3) is 4.33. The predicted molar refractivity (Wildman–Crippen MR) is 208 cm³/mol. The molecule has 0 aliphatic rings. The predicted octanol–water partition coefficient (Wildman–Crippen LogP) is 13.7. The molecule has 0 saturated heterocycles. The van der Waals surface area contributed by atoms with Gasteiger partial charge in [-0.25, -0.2) is 0 Å². The number of hydrogen-bond acceptors (Lipinski definition) is 1. The maximum Gasteiger partial charge on any atom is 0.136 e. The summed E-state index contributed by atoms with van der Waals surface area (Å²) in [6, 6.07) is 24.0. The van der Waals surface area contributed by atoms with Crippen LogP contribution in [0.25, 0.3) is 98.8 Å². The Morgan fingerprint density at radius 2 is 1.04 bits per heavy atom. The third-order valence-electron chi connectivity index (χ3n) is 9.20. The van der Waals surface area contributed by atoms with E-state index < -0.39 is 78.6 Å². The maximum absolute atomic E-state index is 9.64. The lowest BCUT2D eigenvalue weighted by Gasteiger charge is -2.21. The topological polar surface area (TPSA) is 13.1 Å². The summed E-state index contributed by atoms with van der Waals surface area (Å²) in [7, 11) is 0. The van der Waals surface area contributed by atoms with Crippen molar-refractivity contribution in [3.8, 4) is 44.5 Å². The van der Waals surface area contributed by atoms with Crippen molar-refractivity contribution in [2.45, 2.75) is 0 Å². The summed E-state index contributed by atoms with van der Waals surface area (Å²) in [6.45, 7) is 0. The van der Waals surface area contributed by atoms with Gasteiger partial charge in [0, 0.05) is 10.8 Å². The Bertz CT molecular complexity index is 3510. The zero-order valence-electron chi connectivity index (χ0n) is 38.7. The molecule has 0 N–H and O–H groups in total. The van der Waals surface area contributed by atoms with Gasteiger partial charge < -0.3 is 4.42 Å². The second-order valence-corrected chi connectivity index (χ2v) is 11.8. The van der Waals surface area contributed by atoms with Crippen molar-refractivity contribution in [3.05, 3.63) is 182 Å². The second kappa shape index (κ2) is 11.1. The Morgan fingerprint density at radius 3 is 1.80 bits per heavy atom. The van der Waals surface area contributed by atoms with Crippen molar-refractivity contribution in [1.82, 2.24) is 0 Å². The van der Waals surface area contributed by atoms with Crippen molar-refractivity contribution in [2.24, 2.45) is 0 Å². The first-order valence-corrected chi connectivity index (χ1v) is 15.8. The van der Waals surface area contributed by atoms with Gasteiger partial charge in [0.2, 0.25) is 0 Å².